The van der Waals surface area contributed by atoms with Gasteiger partial charge in [-0.3, -0.25) is 9.59 Å². The fourth-order valence-corrected chi connectivity index (χ4v) is 4.49. The molecule has 0 N–H and O–H groups in total. The summed E-state index contributed by atoms with van der Waals surface area (Å²) >= 11 is 6.07. The third-order valence-corrected chi connectivity index (χ3v) is 8.05. The molecular weight excluding hydrogens is 576 g/mol. The van der Waals surface area contributed by atoms with Crippen LogP contribution in [0, 0.1) is 5.92 Å². The minimum absolute atomic E-state index is 0.116. The quantitative estimate of drug-likeness (QED) is 0.148. The Balaban J connectivity index is 0.000000338. The molecule has 0 aliphatic heterocycles. The first-order valence-corrected chi connectivity index (χ1v) is 16.2. The van der Waals surface area contributed by atoms with Gasteiger partial charge in [-0.05, 0) is 57.4 Å². The van der Waals surface area contributed by atoms with E-state index in [4.69, 9.17) is 11.6 Å². The van der Waals surface area contributed by atoms with Crippen LogP contribution in [0.2, 0.25) is 0 Å². The van der Waals surface area contributed by atoms with E-state index < -0.39 is 0 Å². The van der Waals surface area contributed by atoms with Crippen molar-refractivity contribution < 1.29 is 14.4 Å². The Morgan fingerprint density at radius 3 is 1.33 bits per heavy atom. The Labute approximate surface area is 278 Å². The number of hydrogen-bond acceptors (Lipinski definition) is 3. The number of carbonyl (C=O) groups excluding carboxylic acids is 3. The second-order valence-electron chi connectivity index (χ2n) is 14.8. The summed E-state index contributed by atoms with van der Waals surface area (Å²) in [6.45, 7) is 25.2. The molecule has 0 bridgehead atoms. The van der Waals surface area contributed by atoms with E-state index in [9.17, 15) is 14.4 Å². The van der Waals surface area contributed by atoms with E-state index in [2.05, 4.69) is 98.7 Å². The lowest BCUT2D eigenvalue weighted by atomic mass is 9.86. The molecule has 3 rings (SSSR count). The molecule has 0 fully saturated rings. The summed E-state index contributed by atoms with van der Waals surface area (Å²) in [7, 11) is 0. The number of benzene rings is 3. The van der Waals surface area contributed by atoms with Crippen molar-refractivity contribution in [1.29, 1.82) is 0 Å². The number of hydrogen-bond donors (Lipinski definition) is 0. The van der Waals surface area contributed by atoms with E-state index in [-0.39, 0.29) is 27.9 Å². The molecule has 3 aromatic rings. The fourth-order valence-electron chi connectivity index (χ4n) is 4.32. The van der Waals surface area contributed by atoms with Crippen LogP contribution in [0.15, 0.2) is 78.4 Å². The number of ketones is 1. The van der Waals surface area contributed by atoms with Crippen molar-refractivity contribution in [1.82, 2.24) is 0 Å². The Hall–Kier alpha value is -3.30. The number of rotatable bonds is 7. The summed E-state index contributed by atoms with van der Waals surface area (Å²) in [5, 5.41) is 0.524. The Kier molecular flexibility index (Phi) is 15.4. The topological polar surface area (TPSA) is 51.2 Å². The normalized spacial score (nSPS) is 12.8. The molecule has 0 aliphatic rings. The molecule has 0 saturated carbocycles. The fraction of sp³-hybridized carbons (Fsp3) is 0.439. The van der Waals surface area contributed by atoms with Crippen molar-refractivity contribution in [2.45, 2.75) is 112 Å². The molecule has 0 spiro atoms. The van der Waals surface area contributed by atoms with Gasteiger partial charge in [-0.2, -0.15) is 0 Å². The van der Waals surface area contributed by atoms with Crippen LogP contribution >= 0.6 is 11.6 Å². The predicted molar refractivity (Wildman–Crippen MR) is 193 cm³/mol. The van der Waals surface area contributed by atoms with Crippen LogP contribution in [0.4, 0.5) is 0 Å². The molecule has 4 heteroatoms. The molecule has 1 atom stereocenters. The monoisotopic (exact) mass is 630 g/mol. The SMILES string of the molecule is C/C(C=O)=C(/Cl)c1ccc(C(C)(C)C)cc1.CC(C=O)Cc1ccc(C(C)(C)C)cc1.CCC(=O)c1ccc(C(C)(C)C)cc1. The lowest BCUT2D eigenvalue weighted by Crippen LogP contribution is -2.11. The zero-order chi connectivity index (χ0) is 34.6. The number of Topliss-reactive ketones (excluding diaryl/α,β-unsaturated/α-hetero) is 1. The minimum Gasteiger partial charge on any atom is -0.303 e. The van der Waals surface area contributed by atoms with E-state index in [0.29, 0.717) is 17.0 Å². The highest BCUT2D eigenvalue weighted by molar-refractivity contribution is 6.50. The number of allylic oxidation sites excluding steroid dienone is 1. The van der Waals surface area contributed by atoms with Gasteiger partial charge in [0.25, 0.3) is 0 Å². The first-order chi connectivity index (χ1) is 20.7. The largest absolute Gasteiger partial charge is 0.303 e. The standard InChI is InChI=1S/C14H17ClO.C14H20O.C13H18O/c1-10(9-16)13(15)11-5-7-12(8-6-11)14(2,3)4;1-11(10-15)9-12-5-7-13(8-6-12)14(2,3)4;1-5-12(14)10-6-8-11(9-7-10)13(2,3)4/h5-9H,1-4H3;5-8,10-11H,9H2,1-4H3;6-9H,5H2,1-4H3/b13-10-;;. The number of halogens is 1. The molecule has 0 amide bonds. The highest BCUT2D eigenvalue weighted by Gasteiger charge is 2.15. The van der Waals surface area contributed by atoms with Gasteiger partial charge in [0, 0.05) is 23.5 Å². The van der Waals surface area contributed by atoms with Gasteiger partial charge in [-0.25, -0.2) is 0 Å². The maximum atomic E-state index is 11.4. The zero-order valence-electron chi connectivity index (χ0n) is 29.7. The molecule has 3 nitrogen and oxygen atoms in total. The second kappa shape index (κ2) is 17.4. The van der Waals surface area contributed by atoms with E-state index in [1.807, 2.05) is 50.2 Å². The van der Waals surface area contributed by atoms with Crippen LogP contribution in [0.25, 0.3) is 5.03 Å². The third kappa shape index (κ3) is 13.7. The van der Waals surface area contributed by atoms with Crippen LogP contribution in [-0.4, -0.2) is 18.4 Å². The van der Waals surface area contributed by atoms with E-state index in [0.717, 1.165) is 30.1 Å². The summed E-state index contributed by atoms with van der Waals surface area (Å²) in [6, 6.07) is 24.5. The summed E-state index contributed by atoms with van der Waals surface area (Å²) in [5.41, 5.74) is 7.86. The van der Waals surface area contributed by atoms with Crippen LogP contribution in [0.5, 0.6) is 0 Å². The van der Waals surface area contributed by atoms with Gasteiger partial charge in [0.15, 0.2) is 5.78 Å². The Morgan fingerprint density at radius 1 is 0.667 bits per heavy atom. The predicted octanol–water partition coefficient (Wildman–Crippen LogP) is 11.1. The molecule has 0 aliphatic carbocycles. The molecule has 1 unspecified atom stereocenters. The van der Waals surface area contributed by atoms with Crippen LogP contribution in [0.3, 0.4) is 0 Å². The van der Waals surface area contributed by atoms with E-state index in [1.165, 1.54) is 22.3 Å². The average Bonchev–Trinajstić information content (AvgIpc) is 2.99. The van der Waals surface area contributed by atoms with E-state index >= 15 is 0 Å². The van der Waals surface area contributed by atoms with Crippen LogP contribution in [-0.2, 0) is 32.3 Å². The van der Waals surface area contributed by atoms with Crippen LogP contribution in [0.1, 0.15) is 128 Å². The van der Waals surface area contributed by atoms with Gasteiger partial charge in [0.2, 0.25) is 0 Å². The van der Waals surface area contributed by atoms with Crippen molar-refractivity contribution in [3.63, 3.8) is 0 Å². The maximum absolute atomic E-state index is 11.4. The average molecular weight is 631 g/mol. The minimum atomic E-state index is 0.116. The Bertz CT molecular complexity index is 1390. The van der Waals surface area contributed by atoms with Crippen molar-refractivity contribution in [2.24, 2.45) is 5.92 Å². The molecule has 0 aromatic heterocycles. The highest BCUT2D eigenvalue weighted by Crippen LogP contribution is 2.27. The summed E-state index contributed by atoms with van der Waals surface area (Å²) in [4.78, 5) is 32.5. The summed E-state index contributed by atoms with van der Waals surface area (Å²) < 4.78 is 0. The van der Waals surface area contributed by atoms with Gasteiger partial charge in [-0.1, -0.05) is 161 Å². The van der Waals surface area contributed by atoms with Crippen molar-refractivity contribution in [2.75, 3.05) is 0 Å². The van der Waals surface area contributed by atoms with Gasteiger partial charge in [-0.15, -0.1) is 0 Å². The van der Waals surface area contributed by atoms with Crippen LogP contribution < -0.4 is 0 Å². The van der Waals surface area contributed by atoms with E-state index in [1.54, 1.807) is 6.92 Å². The first-order valence-electron chi connectivity index (χ1n) is 15.9. The smallest absolute Gasteiger partial charge is 0.162 e. The first kappa shape index (κ1) is 39.7. The summed E-state index contributed by atoms with van der Waals surface area (Å²) in [6.07, 6.45) is 3.21. The Morgan fingerprint density at radius 2 is 1.02 bits per heavy atom. The van der Waals surface area contributed by atoms with Crippen molar-refractivity contribution >= 4 is 35.0 Å². The third-order valence-electron chi connectivity index (χ3n) is 7.53. The molecule has 3 aromatic carbocycles. The molecular formula is C41H55ClO3. The van der Waals surface area contributed by atoms with Gasteiger partial charge >= 0.3 is 0 Å². The maximum Gasteiger partial charge on any atom is 0.162 e. The molecule has 45 heavy (non-hydrogen) atoms. The summed E-state index contributed by atoms with van der Waals surface area (Å²) in [5.74, 6) is 0.330. The highest BCUT2D eigenvalue weighted by atomic mass is 35.5. The molecule has 0 radical (unpaired) electrons. The molecule has 244 valence electrons. The molecule has 0 heterocycles. The number of aldehydes is 2. The lowest BCUT2D eigenvalue weighted by molar-refractivity contribution is -0.110. The lowest BCUT2D eigenvalue weighted by Gasteiger charge is -2.19. The second-order valence-corrected chi connectivity index (χ2v) is 15.2. The van der Waals surface area contributed by atoms with Gasteiger partial charge in [0.1, 0.15) is 12.6 Å². The van der Waals surface area contributed by atoms with Crippen molar-refractivity contribution in [3.8, 4) is 0 Å². The van der Waals surface area contributed by atoms with Gasteiger partial charge in [0.05, 0.1) is 5.03 Å². The van der Waals surface area contributed by atoms with Crippen molar-refractivity contribution in [3.05, 3.63) is 112 Å². The van der Waals surface area contributed by atoms with Gasteiger partial charge < -0.3 is 4.79 Å². The molecule has 0 saturated heterocycles. The zero-order valence-corrected chi connectivity index (χ0v) is 30.4. The number of carbonyl (C=O) groups is 3.